The van der Waals surface area contributed by atoms with Crippen LogP contribution in [0.4, 0.5) is 0 Å². The zero-order valence-electron chi connectivity index (χ0n) is 5.91. The van der Waals surface area contributed by atoms with E-state index >= 15 is 0 Å². The normalized spacial score (nSPS) is 19.1. The number of hydrogen-bond acceptors (Lipinski definition) is 6. The number of hydrogen-bond donors (Lipinski definition) is 0. The summed E-state index contributed by atoms with van der Waals surface area (Å²) < 4.78 is 21.7. The molecule has 0 saturated carbocycles. The highest BCUT2D eigenvalue weighted by Gasteiger charge is 2.42. The molecule has 0 N–H and O–H groups in total. The van der Waals surface area contributed by atoms with E-state index in [1.54, 1.807) is 0 Å². The fourth-order valence-corrected chi connectivity index (χ4v) is 1.85. The Bertz CT molecular complexity index is 443. The molecule has 0 spiro atoms. The first-order valence-corrected chi connectivity index (χ1v) is 4.37. The van der Waals surface area contributed by atoms with Crippen molar-refractivity contribution in [3.8, 4) is 0 Å². The highest BCUT2D eigenvalue weighted by Crippen LogP contribution is 2.23. The summed E-state index contributed by atoms with van der Waals surface area (Å²) in [4.78, 5) is 17.9. The number of allylic oxidation sites excluding steroid dienone is 1. The molecule has 0 aromatic carbocycles. The van der Waals surface area contributed by atoms with Crippen LogP contribution in [0.15, 0.2) is 22.2 Å². The quantitative estimate of drug-likeness (QED) is 0.449. The van der Waals surface area contributed by atoms with E-state index in [4.69, 9.17) is 0 Å². The molecule has 0 radical (unpaired) electrons. The highest BCUT2D eigenvalue weighted by atomic mass is 32.2. The summed E-state index contributed by atoms with van der Waals surface area (Å²) in [5, 5.41) is 19.3. The molecule has 0 saturated heterocycles. The van der Waals surface area contributed by atoms with Crippen LogP contribution in [-0.4, -0.2) is 18.3 Å². The highest BCUT2D eigenvalue weighted by molar-refractivity contribution is 7.98. The molecule has 0 amide bonds. The molecule has 1 rings (SSSR count). The average molecular weight is 206 g/mol. The van der Waals surface area contributed by atoms with Crippen LogP contribution >= 0.6 is 0 Å². The number of nitrogens with zero attached hydrogens (tertiary/aromatic N) is 2. The predicted octanol–water partition coefficient (Wildman–Crippen LogP) is -0.349. The Balaban J connectivity index is 3.46. The van der Waals surface area contributed by atoms with Gasteiger partial charge in [0.25, 0.3) is 9.84 Å². The molecular weight excluding hydrogens is 204 g/mol. The largest absolute Gasteiger partial charge is 0.439 e. The molecule has 8 nitrogen and oxygen atoms in total. The lowest BCUT2D eigenvalue weighted by Crippen LogP contribution is -2.11. The van der Waals surface area contributed by atoms with Crippen molar-refractivity contribution in [1.82, 2.24) is 0 Å². The maximum atomic E-state index is 10.8. The van der Waals surface area contributed by atoms with Gasteiger partial charge in [0.2, 0.25) is 0 Å². The Morgan fingerprint density at radius 2 is 1.69 bits per heavy atom. The molecule has 1 aliphatic heterocycles. The Hall–Kier alpha value is -1.77. The summed E-state index contributed by atoms with van der Waals surface area (Å²) >= 11 is 0. The first-order valence-electron chi connectivity index (χ1n) is 2.82. The topological polar surface area (TPSA) is 120 Å². The van der Waals surface area contributed by atoms with Crippen molar-refractivity contribution in [2.75, 3.05) is 0 Å². The van der Waals surface area contributed by atoms with Crippen LogP contribution in [0.5, 0.6) is 0 Å². The van der Waals surface area contributed by atoms with Crippen molar-refractivity contribution in [1.29, 1.82) is 0 Å². The van der Waals surface area contributed by atoms with Crippen LogP contribution in [0.1, 0.15) is 0 Å². The van der Waals surface area contributed by atoms with Crippen molar-refractivity contribution in [2.24, 2.45) is 0 Å². The minimum Gasteiger partial charge on any atom is -0.258 e. The molecule has 13 heavy (non-hydrogen) atoms. The first kappa shape index (κ1) is 9.32. The third-order valence-electron chi connectivity index (χ3n) is 1.26. The van der Waals surface area contributed by atoms with Gasteiger partial charge in [-0.3, -0.25) is 20.2 Å². The van der Waals surface area contributed by atoms with Crippen molar-refractivity contribution >= 4 is 9.84 Å². The van der Waals surface area contributed by atoms with Gasteiger partial charge in [-0.15, -0.1) is 0 Å². The zero-order valence-corrected chi connectivity index (χ0v) is 6.72. The summed E-state index contributed by atoms with van der Waals surface area (Å²) in [5.74, 6) is 0. The zero-order chi connectivity index (χ0) is 10.2. The maximum Gasteiger partial charge on any atom is 0.439 e. The van der Waals surface area contributed by atoms with Gasteiger partial charge in [0.1, 0.15) is 0 Å². The fourth-order valence-electron chi connectivity index (χ4n) is 0.772. The van der Waals surface area contributed by atoms with Crippen LogP contribution in [0.2, 0.25) is 0 Å². The summed E-state index contributed by atoms with van der Waals surface area (Å²) in [6.45, 7) is 0. The van der Waals surface area contributed by atoms with E-state index in [0.29, 0.717) is 11.5 Å². The van der Waals surface area contributed by atoms with E-state index in [1.807, 2.05) is 0 Å². The SMILES string of the molecule is O=[N+]([O-])C1=C([N+](=O)[O-])S(=O)(=O)C=C1. The first-order chi connectivity index (χ1) is 5.86. The van der Waals surface area contributed by atoms with Crippen molar-refractivity contribution < 1.29 is 18.3 Å². The van der Waals surface area contributed by atoms with Gasteiger partial charge in [0.15, 0.2) is 0 Å². The third kappa shape index (κ3) is 1.40. The van der Waals surface area contributed by atoms with Gasteiger partial charge in [-0.05, 0) is 0 Å². The number of nitro groups is 2. The average Bonchev–Trinajstić information content (AvgIpc) is 2.24. The van der Waals surface area contributed by atoms with Crippen molar-refractivity contribution in [3.63, 3.8) is 0 Å². The Morgan fingerprint density at radius 1 is 1.15 bits per heavy atom. The van der Waals surface area contributed by atoms with Crippen LogP contribution in [-0.2, 0) is 9.84 Å². The van der Waals surface area contributed by atoms with E-state index in [-0.39, 0.29) is 0 Å². The minimum absolute atomic E-state index is 0.434. The molecule has 1 aliphatic rings. The maximum absolute atomic E-state index is 10.8. The molecule has 0 bridgehead atoms. The van der Waals surface area contributed by atoms with Gasteiger partial charge >= 0.3 is 10.7 Å². The lowest BCUT2D eigenvalue weighted by atomic mass is 10.5. The van der Waals surface area contributed by atoms with Gasteiger partial charge in [0, 0.05) is 11.5 Å². The van der Waals surface area contributed by atoms with Gasteiger partial charge in [-0.25, -0.2) is 8.42 Å². The van der Waals surface area contributed by atoms with E-state index in [1.165, 1.54) is 0 Å². The van der Waals surface area contributed by atoms with Gasteiger partial charge in [-0.1, -0.05) is 0 Å². The summed E-state index contributed by atoms with van der Waals surface area (Å²) in [6, 6.07) is 0. The molecule has 0 aromatic heterocycles. The predicted molar refractivity (Wildman–Crippen MR) is 39.1 cm³/mol. The molecule has 0 unspecified atom stereocenters. The molecule has 0 fully saturated rings. The lowest BCUT2D eigenvalue weighted by Gasteiger charge is -1.89. The molecular formula is C4H2N2O6S. The molecule has 0 aliphatic carbocycles. The van der Waals surface area contributed by atoms with E-state index < -0.39 is 30.4 Å². The molecule has 1 heterocycles. The van der Waals surface area contributed by atoms with Crippen LogP contribution in [0.3, 0.4) is 0 Å². The van der Waals surface area contributed by atoms with Crippen molar-refractivity contribution in [3.05, 3.63) is 42.4 Å². The number of sulfone groups is 1. The second-order valence-electron chi connectivity index (χ2n) is 2.05. The minimum atomic E-state index is -4.22. The smallest absolute Gasteiger partial charge is 0.258 e. The van der Waals surface area contributed by atoms with Gasteiger partial charge < -0.3 is 0 Å². The molecule has 0 atom stereocenters. The third-order valence-corrected chi connectivity index (χ3v) is 2.65. The van der Waals surface area contributed by atoms with E-state index in [0.717, 1.165) is 0 Å². The van der Waals surface area contributed by atoms with Gasteiger partial charge in [0.05, 0.1) is 9.85 Å². The molecule has 70 valence electrons. The van der Waals surface area contributed by atoms with Crippen LogP contribution < -0.4 is 0 Å². The summed E-state index contributed by atoms with van der Waals surface area (Å²) in [6.07, 6.45) is 0.591. The Labute approximate surface area is 71.4 Å². The monoisotopic (exact) mass is 206 g/mol. The van der Waals surface area contributed by atoms with Crippen LogP contribution in [0.25, 0.3) is 0 Å². The second-order valence-corrected chi connectivity index (χ2v) is 3.80. The van der Waals surface area contributed by atoms with Gasteiger partial charge in [-0.2, -0.15) is 0 Å². The summed E-state index contributed by atoms with van der Waals surface area (Å²) in [5.41, 5.74) is -1.01. The number of rotatable bonds is 2. The van der Waals surface area contributed by atoms with Crippen LogP contribution in [0, 0.1) is 20.2 Å². The summed E-state index contributed by atoms with van der Waals surface area (Å²) in [7, 11) is -4.22. The van der Waals surface area contributed by atoms with E-state index in [9.17, 15) is 28.6 Å². The Morgan fingerprint density at radius 3 is 2.00 bits per heavy atom. The fraction of sp³-hybridized carbons (Fsp3) is 0. The molecule has 0 aromatic rings. The van der Waals surface area contributed by atoms with Crippen molar-refractivity contribution in [2.45, 2.75) is 0 Å². The lowest BCUT2D eigenvalue weighted by molar-refractivity contribution is -0.458. The second kappa shape index (κ2) is 2.62. The van der Waals surface area contributed by atoms with E-state index in [2.05, 4.69) is 0 Å². The molecule has 9 heteroatoms. The Kier molecular flexibility index (Phi) is 1.88. The standard InChI is InChI=1S/C4H2N2O6S/c7-5(8)3-1-2-13(11,12)4(3)6(9)10/h1-2H.